The highest BCUT2D eigenvalue weighted by atomic mass is 31.1. The minimum atomic E-state index is -2.00. The second-order valence-corrected chi connectivity index (χ2v) is 15.2. The molecule has 0 aliphatic rings. The van der Waals surface area contributed by atoms with Crippen LogP contribution in [0.1, 0.15) is 118 Å². The second kappa shape index (κ2) is 28.7. The lowest BCUT2D eigenvalue weighted by atomic mass is 10.2. The van der Waals surface area contributed by atoms with Crippen LogP contribution in [-0.4, -0.2) is 96.1 Å². The van der Waals surface area contributed by atoms with Crippen molar-refractivity contribution in [3.05, 3.63) is 22.6 Å². The van der Waals surface area contributed by atoms with Gasteiger partial charge in [-0.2, -0.15) is 4.98 Å². The number of nitrogen functional groups attached to an aromatic ring is 1. The number of anilines is 1. The highest BCUT2D eigenvalue weighted by molar-refractivity contribution is 7.53. The van der Waals surface area contributed by atoms with Crippen LogP contribution in [-0.2, 0) is 49.4 Å². The molecular weight excluding hydrogens is 750 g/mol. The van der Waals surface area contributed by atoms with E-state index in [1.165, 1.54) is 10.6 Å². The number of nitrogens with one attached hydrogen (secondary N) is 3. The third kappa shape index (κ3) is 19.0. The first-order chi connectivity index (χ1) is 27.1. The van der Waals surface area contributed by atoms with Gasteiger partial charge in [-0.05, 0) is 31.7 Å². The normalized spacial score (nSPS) is 13.0. The minimum Gasteiger partial charge on any atom is -0.466 e. The molecule has 2 rings (SSSR count). The van der Waals surface area contributed by atoms with Crippen molar-refractivity contribution in [2.24, 2.45) is 0 Å². The van der Waals surface area contributed by atoms with Gasteiger partial charge in [0.1, 0.15) is 30.5 Å². The molecule has 0 saturated carbocycles. The Bertz CT molecular complexity index is 1460. The van der Waals surface area contributed by atoms with Gasteiger partial charge < -0.3 is 34.0 Å². The quantitative estimate of drug-likeness (QED) is 0.0308. The number of aromatic amines is 1. The van der Waals surface area contributed by atoms with Crippen molar-refractivity contribution in [2.45, 2.75) is 142 Å². The topological polar surface area (TPSA) is 215 Å². The summed E-state index contributed by atoms with van der Waals surface area (Å²) in [6.07, 6.45) is 9.03. The highest BCUT2D eigenvalue weighted by Crippen LogP contribution is 2.30. The molecule has 0 unspecified atom stereocenters. The Kier molecular flexibility index (Phi) is 24.8. The summed E-state index contributed by atoms with van der Waals surface area (Å²) in [6.45, 7) is 7.68. The summed E-state index contributed by atoms with van der Waals surface area (Å²) in [6, 6.07) is -0.950. The fourth-order valence-corrected chi connectivity index (χ4v) is 7.14. The minimum absolute atomic E-state index is 0.0704. The average molecular weight is 815 g/mol. The van der Waals surface area contributed by atoms with Gasteiger partial charge >= 0.3 is 23.9 Å². The van der Waals surface area contributed by atoms with Gasteiger partial charge in [0, 0.05) is 6.20 Å². The number of rotatable bonds is 32. The third-order valence-electron chi connectivity index (χ3n) is 8.60. The van der Waals surface area contributed by atoms with Crippen molar-refractivity contribution in [3.8, 4) is 0 Å². The molecule has 16 nitrogen and oxygen atoms in total. The predicted octanol–water partition coefficient (Wildman–Crippen LogP) is 5.56. The van der Waals surface area contributed by atoms with Gasteiger partial charge in [-0.15, -0.1) is 0 Å². The van der Waals surface area contributed by atoms with Crippen molar-refractivity contribution in [2.75, 3.05) is 45.2 Å². The molecule has 18 heteroatoms. The van der Waals surface area contributed by atoms with E-state index in [1.54, 1.807) is 6.20 Å². The van der Waals surface area contributed by atoms with Gasteiger partial charge in [-0.1, -0.05) is 79.1 Å². The number of aromatic nitrogens is 3. The molecule has 0 saturated heterocycles. The summed E-state index contributed by atoms with van der Waals surface area (Å²) in [5.74, 6) is -2.81. The second-order valence-electron chi connectivity index (χ2n) is 13.5. The Morgan fingerprint density at radius 3 is 1.70 bits per heavy atom. The molecule has 5 N–H and O–H groups in total. The summed E-state index contributed by atoms with van der Waals surface area (Å²) in [5, 5.41) is 6.45. The third-order valence-corrected chi connectivity index (χ3v) is 10.3. The van der Waals surface area contributed by atoms with Crippen molar-refractivity contribution < 1.29 is 47.3 Å². The maximum atomic E-state index is 14.6. The standard InChI is InChI=1S/C38H64FN6O10P/c1-5-9-13-19-51-32(46)23-30(36(49)53-21-15-11-7-3)43-56(27-55-28(25-39)26-45-18-17-29-34(45)41-38(40)42-35(29)48)44-31(37(50)54-22-16-12-8-4)24-33(47)52-20-14-10-6-2/h17-18,28,30-31,43-44H,5-16,19-27H2,1-4H3,(H3,40,41,42,48)/t28-,30-,31-/m0/s1. The summed E-state index contributed by atoms with van der Waals surface area (Å²) < 4.78 is 44.1. The maximum absolute atomic E-state index is 14.6. The van der Waals surface area contributed by atoms with Crippen LogP contribution in [0.3, 0.4) is 0 Å². The van der Waals surface area contributed by atoms with Crippen LogP contribution in [0.15, 0.2) is 17.1 Å². The Morgan fingerprint density at radius 2 is 1.25 bits per heavy atom. The van der Waals surface area contributed by atoms with Crippen molar-refractivity contribution in [1.29, 1.82) is 0 Å². The molecule has 0 bridgehead atoms. The first-order valence-electron chi connectivity index (χ1n) is 20.0. The van der Waals surface area contributed by atoms with Crippen LogP contribution >= 0.6 is 8.22 Å². The molecule has 2 heterocycles. The van der Waals surface area contributed by atoms with E-state index in [0.717, 1.165) is 51.4 Å². The van der Waals surface area contributed by atoms with Gasteiger partial charge in [0.25, 0.3) is 5.56 Å². The van der Waals surface area contributed by atoms with Crippen LogP contribution in [0.4, 0.5) is 10.3 Å². The van der Waals surface area contributed by atoms with Crippen molar-refractivity contribution in [1.82, 2.24) is 24.7 Å². The molecule has 0 radical (unpaired) electrons. The number of esters is 4. The number of nitrogens with zero attached hydrogens (tertiary/aromatic N) is 2. The van der Waals surface area contributed by atoms with E-state index in [2.05, 4.69) is 20.1 Å². The number of hydrogen-bond acceptors (Lipinski definition) is 14. The molecule has 0 fully saturated rings. The van der Waals surface area contributed by atoms with E-state index in [4.69, 9.17) is 29.4 Å². The number of carbonyl (C=O) groups is 4. The van der Waals surface area contributed by atoms with E-state index < -0.39 is 75.4 Å². The van der Waals surface area contributed by atoms with Gasteiger partial charge in [0.2, 0.25) is 5.95 Å². The first-order valence-corrected chi connectivity index (χ1v) is 21.6. The van der Waals surface area contributed by atoms with Gasteiger partial charge in [-0.3, -0.25) is 39.1 Å². The number of H-pyrrole nitrogens is 1. The van der Waals surface area contributed by atoms with Crippen LogP contribution in [0, 0.1) is 0 Å². The number of hydrogen-bond donors (Lipinski definition) is 4. The summed E-state index contributed by atoms with van der Waals surface area (Å²) >= 11 is 0. The zero-order valence-electron chi connectivity index (χ0n) is 33.6. The molecule has 0 aromatic carbocycles. The molecule has 0 aliphatic heterocycles. The highest BCUT2D eigenvalue weighted by Gasteiger charge is 2.32. The molecule has 2 aromatic heterocycles. The maximum Gasteiger partial charge on any atom is 0.324 e. The fraction of sp³-hybridized carbons (Fsp3) is 0.737. The monoisotopic (exact) mass is 814 g/mol. The lowest BCUT2D eigenvalue weighted by Gasteiger charge is -2.29. The lowest BCUT2D eigenvalue weighted by Crippen LogP contribution is -2.45. The summed E-state index contributed by atoms with van der Waals surface area (Å²) in [7, 11) is -2.00. The van der Waals surface area contributed by atoms with Crippen LogP contribution in [0.5, 0.6) is 0 Å². The number of halogens is 1. The van der Waals surface area contributed by atoms with Gasteiger partial charge in [0.05, 0.1) is 65.8 Å². The molecule has 3 atom stereocenters. The predicted molar refractivity (Wildman–Crippen MR) is 212 cm³/mol. The average Bonchev–Trinajstić information content (AvgIpc) is 3.58. The first kappa shape index (κ1) is 48.5. The van der Waals surface area contributed by atoms with Gasteiger partial charge in [-0.25, -0.2) is 4.39 Å². The van der Waals surface area contributed by atoms with Crippen molar-refractivity contribution in [3.63, 3.8) is 0 Å². The molecule has 0 aliphatic carbocycles. The number of nitrogens with two attached hydrogens (primary N) is 1. The smallest absolute Gasteiger partial charge is 0.324 e. The largest absolute Gasteiger partial charge is 0.466 e. The zero-order chi connectivity index (χ0) is 41.1. The van der Waals surface area contributed by atoms with Gasteiger partial charge in [0.15, 0.2) is 0 Å². The molecule has 318 valence electrons. The summed E-state index contributed by atoms with van der Waals surface area (Å²) in [5.41, 5.74) is 5.54. The van der Waals surface area contributed by atoms with Crippen molar-refractivity contribution >= 4 is 49.1 Å². The van der Waals surface area contributed by atoms with E-state index in [1.807, 2.05) is 27.7 Å². The number of ether oxygens (including phenoxy) is 5. The Morgan fingerprint density at radius 1 is 0.786 bits per heavy atom. The molecule has 0 amide bonds. The molecular formula is C38H64FN6O10P. The van der Waals surface area contributed by atoms with E-state index in [0.29, 0.717) is 25.7 Å². The lowest BCUT2D eigenvalue weighted by molar-refractivity contribution is -0.152. The zero-order valence-corrected chi connectivity index (χ0v) is 34.5. The van der Waals surface area contributed by atoms with E-state index in [9.17, 15) is 28.4 Å². The van der Waals surface area contributed by atoms with Crippen LogP contribution in [0.2, 0.25) is 0 Å². The molecule has 2 aromatic rings. The number of fused-ring (bicyclic) bond motifs is 1. The van der Waals surface area contributed by atoms with E-state index >= 15 is 0 Å². The summed E-state index contributed by atoms with van der Waals surface area (Å²) in [4.78, 5) is 71.9. The molecule has 0 spiro atoms. The number of carbonyl (C=O) groups excluding carboxylic acids is 4. The SMILES string of the molecule is CCCCCOC(=O)C[C@H](NP(CO[C@@H](CF)Cn1ccc2c(=O)[nH]c(N)nc21)N[C@@H](CC(=O)OCCCCC)C(=O)OCCCCC)C(=O)OCCCCC. The Hall–Kier alpha value is -3.66. The fourth-order valence-electron chi connectivity index (χ4n) is 5.41. The molecule has 56 heavy (non-hydrogen) atoms. The Balaban J connectivity index is 2.41. The Labute approximate surface area is 330 Å². The van der Waals surface area contributed by atoms with Crippen LogP contribution < -0.4 is 21.5 Å². The number of alkyl halides is 1. The number of unbranched alkanes of at least 4 members (excludes halogenated alkanes) is 8. The van der Waals surface area contributed by atoms with Crippen LogP contribution in [0.25, 0.3) is 11.0 Å². The van der Waals surface area contributed by atoms with E-state index in [-0.39, 0.29) is 56.3 Å².